The first-order valence-corrected chi connectivity index (χ1v) is 13.1. The Hall–Kier alpha value is -3.14. The van der Waals surface area contributed by atoms with Crippen LogP contribution >= 0.6 is 0 Å². The van der Waals surface area contributed by atoms with Crippen LogP contribution in [-0.4, -0.2) is 15.9 Å². The molecule has 0 unspecified atom stereocenters. The molecule has 0 saturated heterocycles. The molecule has 4 rings (SSSR count). The predicted molar refractivity (Wildman–Crippen MR) is 156 cm³/mol. The fourth-order valence-corrected chi connectivity index (χ4v) is 4.34. The second kappa shape index (κ2) is 14.9. The second-order valence-corrected chi connectivity index (χ2v) is 10.6. The van der Waals surface area contributed by atoms with Gasteiger partial charge in [0.2, 0.25) is 0 Å². The third kappa shape index (κ3) is 9.84. The van der Waals surface area contributed by atoms with Crippen molar-refractivity contribution in [3.8, 4) is 22.4 Å². The van der Waals surface area contributed by atoms with Crippen LogP contribution in [0, 0.1) is 37.6 Å². The van der Waals surface area contributed by atoms with E-state index in [1.54, 1.807) is 0 Å². The number of para-hydroxylation sites is 1. The second-order valence-electron chi connectivity index (χ2n) is 10.6. The Morgan fingerprint density at radius 1 is 0.949 bits per heavy atom. The maximum atomic E-state index is 13.3. The summed E-state index contributed by atoms with van der Waals surface area (Å²) in [6.45, 7) is 12.1. The molecule has 207 valence electrons. The Morgan fingerprint density at radius 3 is 2.21 bits per heavy atom. The van der Waals surface area contributed by atoms with Crippen LogP contribution in [0.4, 0.5) is 4.39 Å². The first-order valence-electron chi connectivity index (χ1n) is 13.1. The summed E-state index contributed by atoms with van der Waals surface area (Å²) in [6, 6.07) is 24.3. The summed E-state index contributed by atoms with van der Waals surface area (Å²) in [4.78, 5) is 16.0. The van der Waals surface area contributed by atoms with Crippen molar-refractivity contribution >= 4 is 16.7 Å². The molecule has 0 fully saturated rings. The molecule has 3 nitrogen and oxygen atoms in total. The minimum Gasteiger partial charge on any atom is -0.512 e. The van der Waals surface area contributed by atoms with Gasteiger partial charge in [-0.05, 0) is 46.9 Å². The minimum atomic E-state index is -0.232. The van der Waals surface area contributed by atoms with Gasteiger partial charge in [0, 0.05) is 44.4 Å². The Bertz CT molecular complexity index is 1410. The molecule has 0 aliphatic heterocycles. The molecule has 0 amide bonds. The monoisotopic (exact) mass is 703 g/mol. The molecule has 1 heterocycles. The van der Waals surface area contributed by atoms with Crippen molar-refractivity contribution in [3.63, 3.8) is 0 Å². The molecule has 1 N–H and O–H groups in total. The van der Waals surface area contributed by atoms with E-state index in [-0.39, 0.29) is 37.5 Å². The normalized spacial score (nSPS) is 11.3. The van der Waals surface area contributed by atoms with Crippen molar-refractivity contribution in [1.29, 1.82) is 0 Å². The first kappa shape index (κ1) is 32.1. The van der Waals surface area contributed by atoms with E-state index in [2.05, 4.69) is 37.3 Å². The van der Waals surface area contributed by atoms with Crippen molar-refractivity contribution in [2.24, 2.45) is 11.8 Å². The number of ketones is 1. The fourth-order valence-electron chi connectivity index (χ4n) is 4.34. The SMILES string of the molecule is CC(C)CC(=O)/C=C(\O)CC(C)C.Cc1[c-]c(-c2cc(-c3ccc(F)cc3)c3ccccc3n2)cc(C)c1.[Ir]. The Labute approximate surface area is 245 Å². The Kier molecular flexibility index (Phi) is 12.2. The summed E-state index contributed by atoms with van der Waals surface area (Å²) in [5.41, 5.74) is 7.08. The van der Waals surface area contributed by atoms with Crippen molar-refractivity contribution in [1.82, 2.24) is 4.98 Å². The van der Waals surface area contributed by atoms with Crippen LogP contribution in [-0.2, 0) is 24.9 Å². The average molecular weight is 703 g/mol. The summed E-state index contributed by atoms with van der Waals surface area (Å²) in [7, 11) is 0. The van der Waals surface area contributed by atoms with Crippen molar-refractivity contribution in [2.75, 3.05) is 0 Å². The van der Waals surface area contributed by atoms with Crippen molar-refractivity contribution < 1.29 is 34.4 Å². The molecular formula is C34H37FIrNO2-. The van der Waals surface area contributed by atoms with Gasteiger partial charge in [0.15, 0.2) is 5.78 Å². The number of hydrogen-bond acceptors (Lipinski definition) is 3. The molecule has 0 bridgehead atoms. The van der Waals surface area contributed by atoms with E-state index in [1.165, 1.54) is 23.8 Å². The van der Waals surface area contributed by atoms with Crippen LogP contribution in [0.25, 0.3) is 33.3 Å². The number of aromatic nitrogens is 1. The minimum absolute atomic E-state index is 0. The van der Waals surface area contributed by atoms with Crippen LogP contribution in [0.1, 0.15) is 51.7 Å². The number of hydrogen-bond donors (Lipinski definition) is 1. The van der Waals surface area contributed by atoms with E-state index in [9.17, 15) is 14.3 Å². The molecule has 0 saturated carbocycles. The van der Waals surface area contributed by atoms with Gasteiger partial charge in [-0.3, -0.25) is 9.78 Å². The zero-order valence-electron chi connectivity index (χ0n) is 23.5. The first-order chi connectivity index (χ1) is 18.0. The van der Waals surface area contributed by atoms with E-state index in [4.69, 9.17) is 4.98 Å². The van der Waals surface area contributed by atoms with E-state index in [0.29, 0.717) is 24.7 Å². The number of carbonyl (C=O) groups excluding carboxylic acids is 1. The summed E-state index contributed by atoms with van der Waals surface area (Å²) in [5.74, 6) is 0.748. The Morgan fingerprint density at radius 2 is 1.59 bits per heavy atom. The molecule has 1 radical (unpaired) electrons. The number of rotatable bonds is 7. The third-order valence-corrected chi connectivity index (χ3v) is 5.85. The van der Waals surface area contributed by atoms with Gasteiger partial charge in [-0.25, -0.2) is 4.39 Å². The summed E-state index contributed by atoms with van der Waals surface area (Å²) < 4.78 is 13.3. The number of fused-ring (bicyclic) bond motifs is 1. The van der Waals surface area contributed by atoms with Gasteiger partial charge in [-0.2, -0.15) is 0 Å². The van der Waals surface area contributed by atoms with Gasteiger partial charge in [0.25, 0.3) is 0 Å². The molecule has 0 atom stereocenters. The number of aliphatic hydroxyl groups excluding tert-OH is 1. The molecule has 4 aromatic rings. The summed E-state index contributed by atoms with van der Waals surface area (Å²) in [6.07, 6.45) is 2.46. The molecule has 39 heavy (non-hydrogen) atoms. The summed E-state index contributed by atoms with van der Waals surface area (Å²) >= 11 is 0. The van der Waals surface area contributed by atoms with Crippen LogP contribution in [0.15, 0.2) is 78.6 Å². The number of aryl methyl sites for hydroxylation is 2. The largest absolute Gasteiger partial charge is 0.512 e. The van der Waals surface area contributed by atoms with E-state index < -0.39 is 0 Å². The molecule has 0 aliphatic carbocycles. The van der Waals surface area contributed by atoms with Gasteiger partial charge in [0.1, 0.15) is 5.82 Å². The van der Waals surface area contributed by atoms with Gasteiger partial charge < -0.3 is 5.11 Å². The van der Waals surface area contributed by atoms with E-state index in [1.807, 2.05) is 65.0 Å². The van der Waals surface area contributed by atoms with Crippen LogP contribution in [0.2, 0.25) is 0 Å². The average Bonchev–Trinajstić information content (AvgIpc) is 2.82. The van der Waals surface area contributed by atoms with Gasteiger partial charge in [-0.15, -0.1) is 34.9 Å². The van der Waals surface area contributed by atoms with Crippen LogP contribution < -0.4 is 0 Å². The summed E-state index contributed by atoms with van der Waals surface area (Å²) in [5, 5.41) is 10.4. The van der Waals surface area contributed by atoms with Crippen molar-refractivity contribution in [3.05, 3.63) is 102 Å². The van der Waals surface area contributed by atoms with Crippen LogP contribution in [0.5, 0.6) is 0 Å². The standard InChI is InChI=1S/C23H17FN.C11H20O2.Ir/c1-15-11-16(2)13-18(12-15)23-14-21(17-7-9-19(24)10-8-17)20-5-3-4-6-22(20)25-23;1-8(2)5-10(12)7-11(13)6-9(3)4;/h3-12,14H,1-2H3;7-9,12H,5-6H2,1-4H3;/q-1;;/b;10-7-;. The number of pyridine rings is 1. The smallest absolute Gasteiger partial charge is 0.159 e. The molecular weight excluding hydrogens is 666 g/mol. The number of allylic oxidation sites excluding steroid dienone is 2. The molecule has 0 aliphatic rings. The van der Waals surface area contributed by atoms with E-state index >= 15 is 0 Å². The topological polar surface area (TPSA) is 50.2 Å². The maximum Gasteiger partial charge on any atom is 0.159 e. The third-order valence-electron chi connectivity index (χ3n) is 5.85. The number of benzene rings is 3. The zero-order chi connectivity index (χ0) is 27.8. The zero-order valence-corrected chi connectivity index (χ0v) is 25.9. The fraction of sp³-hybridized carbons (Fsp3) is 0.294. The predicted octanol–water partition coefficient (Wildman–Crippen LogP) is 9.21. The quantitative estimate of drug-likeness (QED) is 0.119. The van der Waals surface area contributed by atoms with Gasteiger partial charge >= 0.3 is 0 Å². The maximum absolute atomic E-state index is 13.3. The molecule has 0 spiro atoms. The van der Waals surface area contributed by atoms with Crippen molar-refractivity contribution in [2.45, 2.75) is 54.4 Å². The van der Waals surface area contributed by atoms with Crippen LogP contribution in [0.3, 0.4) is 0 Å². The molecule has 5 heteroatoms. The Balaban J connectivity index is 0.000000328. The number of aliphatic hydroxyl groups is 1. The molecule has 1 aromatic heterocycles. The van der Waals surface area contributed by atoms with Gasteiger partial charge in [-0.1, -0.05) is 77.9 Å². The number of carbonyl (C=O) groups is 1. The number of nitrogens with zero attached hydrogens (tertiary/aromatic N) is 1. The van der Waals surface area contributed by atoms with Gasteiger partial charge in [0.05, 0.1) is 11.3 Å². The van der Waals surface area contributed by atoms with E-state index in [0.717, 1.165) is 38.9 Å². The number of halogens is 1. The molecule has 3 aromatic carbocycles.